The van der Waals surface area contributed by atoms with Crippen LogP contribution in [0.1, 0.15) is 83.8 Å². The van der Waals surface area contributed by atoms with Gasteiger partial charge in [0.1, 0.15) is 48.3 Å². The zero-order valence-electron chi connectivity index (χ0n) is 49.9. The average Bonchev–Trinajstić information content (AvgIpc) is 2.65. The van der Waals surface area contributed by atoms with E-state index in [0.29, 0.717) is 28.5 Å². The highest BCUT2D eigenvalue weighted by Gasteiger charge is 2.36. The Labute approximate surface area is 524 Å². The lowest BCUT2D eigenvalue weighted by molar-refractivity contribution is -0.142. The predicted octanol–water partition coefficient (Wildman–Crippen LogP) is -3.01. The van der Waals surface area contributed by atoms with Crippen LogP contribution < -0.4 is 76.5 Å². The van der Waals surface area contributed by atoms with Crippen LogP contribution in [0.25, 0.3) is 21.8 Å². The Morgan fingerprint density at radius 2 is 1.04 bits per heavy atom. The number of aliphatic carboxylic acids is 1. The first-order chi connectivity index (χ1) is 42.2. The summed E-state index contributed by atoms with van der Waals surface area (Å²) in [6.45, 7) is 6.02. The minimum absolute atomic E-state index is 0.0165. The van der Waals surface area contributed by atoms with E-state index in [1.807, 2.05) is 18.2 Å². The first-order valence-electron chi connectivity index (χ1n) is 28.8. The van der Waals surface area contributed by atoms with Gasteiger partial charge in [0, 0.05) is 71.5 Å². The zero-order valence-corrected chi connectivity index (χ0v) is 51.7. The van der Waals surface area contributed by atoms with Gasteiger partial charge in [0.25, 0.3) is 0 Å². The predicted molar refractivity (Wildman–Crippen MR) is 337 cm³/mol. The third kappa shape index (κ3) is 23.3. The molecule has 89 heavy (non-hydrogen) atoms. The normalized spacial score (nSPS) is 14.6. The Hall–Kier alpha value is -8.91. The summed E-state index contributed by atoms with van der Waals surface area (Å²) in [5.41, 5.74) is 30.6. The molecule has 0 aliphatic rings. The van der Waals surface area contributed by atoms with Gasteiger partial charge in [-0.05, 0) is 60.8 Å². The molecule has 486 valence electrons. The van der Waals surface area contributed by atoms with Crippen LogP contribution in [-0.4, -0.2) is 171 Å². The van der Waals surface area contributed by atoms with Gasteiger partial charge in [-0.25, -0.2) is 4.79 Å². The fourth-order valence-corrected chi connectivity index (χ4v) is 9.70. The molecule has 0 bridgehead atoms. The number of H-pyrrole nitrogens is 2. The minimum Gasteiger partial charge on any atom is -0.480 e. The summed E-state index contributed by atoms with van der Waals surface area (Å²) in [4.78, 5) is 172. The number of carboxylic acid groups (broad SMARTS) is 1. The van der Waals surface area contributed by atoms with Crippen molar-refractivity contribution >= 4 is 124 Å². The first-order valence-corrected chi connectivity index (χ1v) is 30.0. The van der Waals surface area contributed by atoms with Gasteiger partial charge >= 0.3 is 5.97 Å². The van der Waals surface area contributed by atoms with Gasteiger partial charge in [-0.3, -0.25) is 57.7 Å². The van der Waals surface area contributed by atoms with E-state index in [1.165, 1.54) is 0 Å². The van der Waals surface area contributed by atoms with Crippen molar-refractivity contribution in [1.29, 1.82) is 0 Å². The Morgan fingerprint density at radius 3 is 1.55 bits per heavy atom. The number of guanidine groups is 1. The maximum Gasteiger partial charge on any atom is 0.327 e. The van der Waals surface area contributed by atoms with E-state index < -0.39 is 151 Å². The molecule has 0 aliphatic carbocycles. The molecule has 0 aliphatic heterocycles. The van der Waals surface area contributed by atoms with Crippen LogP contribution in [0, 0.1) is 11.8 Å². The van der Waals surface area contributed by atoms with Crippen molar-refractivity contribution in [2.24, 2.45) is 45.5 Å². The molecule has 30 nitrogen and oxygen atoms in total. The number of amides is 11. The molecule has 0 spiro atoms. The second kappa shape index (κ2) is 35.8. The Balaban J connectivity index is 1.56. The molecule has 0 saturated heterocycles. The molecule has 2 aromatic carbocycles. The second-order valence-electron chi connectivity index (χ2n) is 21.8. The number of nitrogens with two attached hydrogens (primary N) is 5. The summed E-state index contributed by atoms with van der Waals surface area (Å²) in [6.07, 6.45) is 1.60. The molecule has 22 N–H and O–H groups in total. The Kier molecular flexibility index (Phi) is 29.2. The average molecular weight is 1280 g/mol. The summed E-state index contributed by atoms with van der Waals surface area (Å²) in [6, 6.07) is 1.43. The van der Waals surface area contributed by atoms with Gasteiger partial charge in [0.15, 0.2) is 5.96 Å². The number of carbonyl (C=O) groups is 12. The summed E-state index contributed by atoms with van der Waals surface area (Å²) < 4.78 is 0. The quantitative estimate of drug-likeness (QED) is 0.00920. The number of benzene rings is 2. The van der Waals surface area contributed by atoms with Gasteiger partial charge in [-0.2, -0.15) is 25.3 Å². The third-order valence-electron chi connectivity index (χ3n) is 14.3. The van der Waals surface area contributed by atoms with E-state index in [0.717, 1.165) is 10.9 Å². The molecule has 0 fully saturated rings. The van der Waals surface area contributed by atoms with Crippen LogP contribution in [0.3, 0.4) is 0 Å². The van der Waals surface area contributed by atoms with Gasteiger partial charge in [0.2, 0.25) is 65.0 Å². The molecule has 4 rings (SSSR count). The van der Waals surface area contributed by atoms with E-state index in [4.69, 9.17) is 28.7 Å². The molecule has 0 saturated carbocycles. The summed E-state index contributed by atoms with van der Waals surface area (Å²) >= 11 is 8.11. The SMILES string of the molecule is CC[C@H](C)[C@H](NC(=O)[C@H](Cc1c[nH]c2ccccc12)NC(=O)[C@H](CC(N)=O)NC(=O)[C@H](CCCN=C(N)N)NC(=O)CNC(=O)[C@H](CC(C)C)NC(=O)[C@H](CCC(N)=O)NC(=O)[C@H](Cc1c[nH]c2ccccc12)NC(=O)[C@@H](N)CS)C(=O)N[C@@H](CS)C(=O)O. The number of para-hydroxylation sites is 2. The van der Waals surface area contributed by atoms with Crippen molar-refractivity contribution in [3.8, 4) is 0 Å². The number of carboxylic acids is 1. The number of nitrogens with one attached hydrogen (secondary N) is 11. The first kappa shape index (κ1) is 72.6. The van der Waals surface area contributed by atoms with Crippen LogP contribution in [0.5, 0.6) is 0 Å². The third-order valence-corrected chi connectivity index (χ3v) is 15.1. The molecule has 32 heteroatoms. The number of aromatic nitrogens is 2. The van der Waals surface area contributed by atoms with Crippen LogP contribution in [0.4, 0.5) is 0 Å². The van der Waals surface area contributed by atoms with Gasteiger partial charge < -0.3 is 91.6 Å². The number of hydrogen-bond donors (Lipinski definition) is 19. The van der Waals surface area contributed by atoms with Crippen LogP contribution >= 0.6 is 25.3 Å². The van der Waals surface area contributed by atoms with Crippen molar-refractivity contribution in [1.82, 2.24) is 57.8 Å². The molecule has 0 unspecified atom stereocenters. The lowest BCUT2D eigenvalue weighted by Crippen LogP contribution is -2.61. The number of aliphatic imine (C=N–C) groups is 1. The van der Waals surface area contributed by atoms with Crippen molar-refractivity contribution < 1.29 is 62.6 Å². The number of carbonyl (C=O) groups excluding carboxylic acids is 11. The maximum absolute atomic E-state index is 14.4. The molecule has 2 aromatic heterocycles. The smallest absolute Gasteiger partial charge is 0.327 e. The topological polar surface area (TPSA) is 507 Å². The maximum atomic E-state index is 14.4. The number of thiol groups is 2. The van der Waals surface area contributed by atoms with Gasteiger partial charge in [-0.1, -0.05) is 70.5 Å². The highest BCUT2D eigenvalue weighted by atomic mass is 32.1. The van der Waals surface area contributed by atoms with Crippen molar-refractivity contribution in [3.63, 3.8) is 0 Å². The lowest BCUT2D eigenvalue weighted by atomic mass is 9.96. The standard InChI is InChI=1S/C57H83N17O13S2/c1-5-29(4)47(55(85)73-43(27-89)56(86)87)74-54(84)41(21-31-24-65-36-14-9-7-12-33(31)36)71-53(83)42(22-45(60)76)72-50(80)37(15-10-18-63-57(61)62)67-46(77)25-66-49(79)39(19-28(2)3)70-51(81)38(16-17-44(59)75)68-52(82)40(69-48(78)34(58)26-88)20-30-23-64-35-13-8-6-11-32(30)35/h6-9,11-14,23-24,28-29,34,37-43,47,64-65,88-89H,5,10,15-22,25-27,58H2,1-4H3,(H2,59,75)(H2,60,76)(H,66,79)(H,67,77)(H,68,82)(H,69,78)(H,70,81)(H,71,83)(H,72,80)(H,73,85)(H,74,84)(H,86,87)(H4,61,62,63)/t29-,34-,37-,38-,39-,40-,41-,42-,43-,47-/m0/s1. The van der Waals surface area contributed by atoms with E-state index >= 15 is 0 Å². The van der Waals surface area contributed by atoms with Gasteiger partial charge in [0.05, 0.1) is 19.0 Å². The summed E-state index contributed by atoms with van der Waals surface area (Å²) in [5, 5.41) is 33.8. The second-order valence-corrected chi connectivity index (χ2v) is 22.5. The van der Waals surface area contributed by atoms with E-state index in [2.05, 4.69) is 88.1 Å². The van der Waals surface area contributed by atoms with Gasteiger partial charge in [-0.15, -0.1) is 0 Å². The van der Waals surface area contributed by atoms with Crippen LogP contribution in [-0.2, 0) is 70.4 Å². The number of primary amides is 2. The van der Waals surface area contributed by atoms with E-state index in [9.17, 15) is 62.6 Å². The van der Waals surface area contributed by atoms with E-state index in [-0.39, 0.29) is 68.5 Å². The number of rotatable bonds is 38. The molecule has 2 heterocycles. The van der Waals surface area contributed by atoms with Crippen molar-refractivity contribution in [2.75, 3.05) is 24.6 Å². The highest BCUT2D eigenvalue weighted by molar-refractivity contribution is 7.80. The van der Waals surface area contributed by atoms with Crippen LogP contribution in [0.2, 0.25) is 0 Å². The monoisotopic (exact) mass is 1280 g/mol. The minimum atomic E-state index is -1.80. The molecule has 11 amide bonds. The van der Waals surface area contributed by atoms with E-state index in [1.54, 1.807) is 70.4 Å². The molecule has 4 aromatic rings. The summed E-state index contributed by atoms with van der Waals surface area (Å²) in [7, 11) is 0. The molecule has 0 radical (unpaired) electrons. The Morgan fingerprint density at radius 1 is 0.562 bits per heavy atom. The zero-order chi connectivity index (χ0) is 66.1. The number of fused-ring (bicyclic) bond motifs is 2. The molecular weight excluding hydrogens is 1190 g/mol. The number of aromatic amines is 2. The summed E-state index contributed by atoms with van der Waals surface area (Å²) in [5.74, 6) is -12.9. The Bertz CT molecular complexity index is 3190. The van der Waals surface area contributed by atoms with Crippen LogP contribution in [0.15, 0.2) is 65.9 Å². The molecular formula is C57H83N17O13S2. The lowest BCUT2D eigenvalue weighted by Gasteiger charge is -2.28. The van der Waals surface area contributed by atoms with Crippen molar-refractivity contribution in [3.05, 3.63) is 72.1 Å². The molecule has 10 atom stereocenters. The van der Waals surface area contributed by atoms with Crippen molar-refractivity contribution in [2.45, 2.75) is 140 Å². The largest absolute Gasteiger partial charge is 0.480 e. The fraction of sp³-hybridized carbons (Fsp3) is 0.491. The highest BCUT2D eigenvalue weighted by Crippen LogP contribution is 2.22. The number of nitrogens with zero attached hydrogens (tertiary/aromatic N) is 1. The fourth-order valence-electron chi connectivity index (χ4n) is 9.29. The number of hydrogen-bond acceptors (Lipinski definition) is 16.